The van der Waals surface area contributed by atoms with E-state index in [2.05, 4.69) is 197 Å². The van der Waals surface area contributed by atoms with Crippen LogP contribution in [0.1, 0.15) is 518 Å². The lowest BCUT2D eigenvalue weighted by Gasteiger charge is -2.35. The molecule has 0 spiro atoms. The van der Waals surface area contributed by atoms with Crippen molar-refractivity contribution < 1.29 is 0 Å². The number of rotatable bonds is 104. The first-order valence-corrected chi connectivity index (χ1v) is 64.2. The van der Waals surface area contributed by atoms with Gasteiger partial charge in [0.05, 0.1) is 18.3 Å². The van der Waals surface area contributed by atoms with Crippen LogP contribution in [0, 0.1) is 5.41 Å². The van der Waals surface area contributed by atoms with Crippen molar-refractivity contribution in [2.45, 2.75) is 536 Å². The summed E-state index contributed by atoms with van der Waals surface area (Å²) in [5.74, 6) is 21.8. The predicted octanol–water partition coefficient (Wildman–Crippen LogP) is 40.3. The standard InChI is InChI=1S/C101H204S12/c1-9-17-25-33-41-49-57-65-73-81-106-97(107-82-74-66-58-50-42-34-26-18-10-2)89-102-93-101(94-103-90-98(108-83-75-67-59-51-43-35-27-19-11-3)109-84-76-68-60-52-44-36-28-20-12-4,95-104-91-99(110-85-77-69-61-53-45-37-29-21-13-5)111-86-78-70-62-54-46-38-30-22-14-6)96-105-92-100(112-87-79-71-63-55-47-39-31-23-15-7)113-88-80-72-64-56-48-40-32-24-16-8/h97-100H,9-96H2,1-8H3. The SMILES string of the molecule is CCCCCCCCCCCSC(CSCC(CSCC(SCCCCCCCCCCC)SCCCCCCCCCCC)(CSCC(SCCCCCCCCCCC)SCCCCCCCCCCC)CSCC(SCCCCCCCCCCC)SCCCCCCCCCCC)SCCCCCCCCCCC. The summed E-state index contributed by atoms with van der Waals surface area (Å²) in [7, 11) is 0. The highest BCUT2D eigenvalue weighted by molar-refractivity contribution is 8.19. The monoisotopic (exact) mass is 1800 g/mol. The Hall–Kier alpha value is 4.20. The second kappa shape index (κ2) is 103. The summed E-state index contributed by atoms with van der Waals surface area (Å²) >= 11 is 29.1. The lowest BCUT2D eigenvalue weighted by molar-refractivity contribution is 0.516. The Balaban J connectivity index is 7.52. The van der Waals surface area contributed by atoms with Crippen LogP contribution >= 0.6 is 141 Å². The molecule has 0 aromatic rings. The lowest BCUT2D eigenvalue weighted by Crippen LogP contribution is -2.35. The molecule has 0 saturated heterocycles. The van der Waals surface area contributed by atoms with Crippen molar-refractivity contribution in [2.75, 3.05) is 92.0 Å². The van der Waals surface area contributed by atoms with E-state index in [0.717, 1.165) is 18.3 Å². The van der Waals surface area contributed by atoms with Gasteiger partial charge in [-0.1, -0.05) is 466 Å². The van der Waals surface area contributed by atoms with Crippen LogP contribution < -0.4 is 0 Å². The average molecular weight is 1800 g/mol. The minimum Gasteiger partial charge on any atom is -0.159 e. The summed E-state index contributed by atoms with van der Waals surface area (Å²) in [6.45, 7) is 18.9. The van der Waals surface area contributed by atoms with Gasteiger partial charge in [0.25, 0.3) is 0 Å². The van der Waals surface area contributed by atoms with E-state index in [4.69, 9.17) is 0 Å². The predicted molar refractivity (Wildman–Crippen MR) is 564 cm³/mol. The molecule has 0 heterocycles. The van der Waals surface area contributed by atoms with E-state index in [9.17, 15) is 0 Å². The largest absolute Gasteiger partial charge is 0.159 e. The van der Waals surface area contributed by atoms with E-state index >= 15 is 0 Å². The van der Waals surface area contributed by atoms with E-state index in [1.165, 1.54) is 554 Å². The normalized spacial score (nSPS) is 12.2. The Morgan fingerprint density at radius 2 is 0.230 bits per heavy atom. The van der Waals surface area contributed by atoms with Gasteiger partial charge >= 0.3 is 0 Å². The highest BCUT2D eigenvalue weighted by Gasteiger charge is 2.33. The number of hydrogen-bond donors (Lipinski definition) is 0. The third-order valence-corrected chi connectivity index (χ3v) is 42.1. The van der Waals surface area contributed by atoms with Gasteiger partial charge in [-0.2, -0.15) is 47.0 Å². The summed E-state index contributed by atoms with van der Waals surface area (Å²) < 4.78 is 2.91. The molecule has 0 rings (SSSR count). The first-order chi connectivity index (χ1) is 56.0. The fraction of sp³-hybridized carbons (Fsp3) is 1.00. The fourth-order valence-corrected chi connectivity index (χ4v) is 34.6. The van der Waals surface area contributed by atoms with E-state index in [1.54, 1.807) is 0 Å². The maximum Gasteiger partial charge on any atom is 0.0592 e. The molecule has 0 saturated carbocycles. The van der Waals surface area contributed by atoms with E-state index in [-0.39, 0.29) is 0 Å². The summed E-state index contributed by atoms with van der Waals surface area (Å²) in [5, 5.41) is 0. The van der Waals surface area contributed by atoms with Gasteiger partial charge in [-0.3, -0.25) is 0 Å². The molecule has 0 fully saturated rings. The van der Waals surface area contributed by atoms with Crippen LogP contribution in [0.4, 0.5) is 0 Å². The maximum atomic E-state index is 2.47. The zero-order valence-corrected chi connectivity index (χ0v) is 87.7. The van der Waals surface area contributed by atoms with Crippen molar-refractivity contribution >= 4 is 141 Å². The van der Waals surface area contributed by atoms with Crippen molar-refractivity contribution in [1.82, 2.24) is 0 Å². The molecule has 0 atom stereocenters. The summed E-state index contributed by atoms with van der Waals surface area (Å²) in [6.07, 6.45) is 104. The van der Waals surface area contributed by atoms with E-state index < -0.39 is 0 Å². The van der Waals surface area contributed by atoms with Crippen molar-refractivity contribution in [3.63, 3.8) is 0 Å². The van der Waals surface area contributed by atoms with Crippen LogP contribution in [0.3, 0.4) is 0 Å². The molecule has 0 bridgehead atoms. The maximum absolute atomic E-state index is 2.47. The number of thioether (sulfide) groups is 12. The Labute approximate surface area is 767 Å². The Kier molecular flexibility index (Phi) is 107. The second-order valence-electron chi connectivity index (χ2n) is 34.9. The van der Waals surface area contributed by atoms with Crippen LogP contribution in [0.2, 0.25) is 0 Å². The molecule has 0 nitrogen and oxygen atoms in total. The van der Waals surface area contributed by atoms with Gasteiger partial charge in [0.1, 0.15) is 0 Å². The van der Waals surface area contributed by atoms with Gasteiger partial charge in [0.15, 0.2) is 0 Å². The quantitative estimate of drug-likeness (QED) is 0.0421. The van der Waals surface area contributed by atoms with Crippen LogP contribution in [0.15, 0.2) is 0 Å². The minimum absolute atomic E-state index is 0.329. The van der Waals surface area contributed by atoms with Gasteiger partial charge in [0, 0.05) is 51.4 Å². The second-order valence-corrected chi connectivity index (χ2v) is 50.7. The lowest BCUT2D eigenvalue weighted by atomic mass is 9.99. The molecule has 0 aromatic heterocycles. The smallest absolute Gasteiger partial charge is 0.0592 e. The summed E-state index contributed by atoms with van der Waals surface area (Å²) in [6, 6.07) is 0. The zero-order chi connectivity index (χ0) is 81.5. The van der Waals surface area contributed by atoms with Crippen molar-refractivity contribution in [3.8, 4) is 0 Å². The average Bonchev–Trinajstić information content (AvgIpc) is 0.859. The van der Waals surface area contributed by atoms with Gasteiger partial charge in [0.2, 0.25) is 0 Å². The molecule has 0 unspecified atom stereocenters. The zero-order valence-electron chi connectivity index (χ0n) is 77.9. The topological polar surface area (TPSA) is 0 Å². The highest BCUT2D eigenvalue weighted by atomic mass is 32.2. The highest BCUT2D eigenvalue weighted by Crippen LogP contribution is 2.43. The molecule has 12 heteroatoms. The molecule has 0 aromatic carbocycles. The molecule has 0 amide bonds. The van der Waals surface area contributed by atoms with Gasteiger partial charge < -0.3 is 0 Å². The van der Waals surface area contributed by atoms with E-state index in [1.807, 2.05) is 0 Å². The van der Waals surface area contributed by atoms with Crippen LogP contribution in [0.25, 0.3) is 0 Å². The molecule has 0 aliphatic rings. The molecular weight excluding hydrogens is 1600 g/mol. The Morgan fingerprint density at radius 3 is 0.336 bits per heavy atom. The van der Waals surface area contributed by atoms with E-state index in [0.29, 0.717) is 5.41 Å². The fourth-order valence-electron chi connectivity index (χ4n) is 15.3. The third-order valence-electron chi connectivity index (χ3n) is 23.1. The summed E-state index contributed by atoms with van der Waals surface area (Å²) in [4.78, 5) is 0. The molecular formula is C101H204S12. The molecule has 0 aliphatic carbocycles. The van der Waals surface area contributed by atoms with Crippen molar-refractivity contribution in [1.29, 1.82) is 0 Å². The molecule has 0 radical (unpaired) electrons. The first-order valence-electron chi connectivity index (χ1n) is 51.2. The molecule has 0 N–H and O–H groups in total. The minimum atomic E-state index is 0.329. The molecule has 0 aliphatic heterocycles. The van der Waals surface area contributed by atoms with Gasteiger partial charge in [-0.05, 0) is 97.4 Å². The van der Waals surface area contributed by atoms with Gasteiger partial charge in [-0.15, -0.1) is 94.1 Å². The van der Waals surface area contributed by atoms with Crippen molar-refractivity contribution in [2.24, 2.45) is 5.41 Å². The number of unbranched alkanes of at least 4 members (excludes halogenated alkanes) is 64. The Bertz CT molecular complexity index is 1340. The first kappa shape index (κ1) is 117. The van der Waals surface area contributed by atoms with Gasteiger partial charge in [-0.25, -0.2) is 0 Å². The number of hydrogen-bond acceptors (Lipinski definition) is 12. The van der Waals surface area contributed by atoms with Crippen LogP contribution in [0.5, 0.6) is 0 Å². The van der Waals surface area contributed by atoms with Crippen LogP contribution in [-0.4, -0.2) is 110 Å². The Morgan fingerprint density at radius 1 is 0.133 bits per heavy atom. The summed E-state index contributed by atoms with van der Waals surface area (Å²) in [5.41, 5.74) is 0.329. The van der Waals surface area contributed by atoms with Crippen molar-refractivity contribution in [3.05, 3.63) is 0 Å². The third kappa shape index (κ3) is 92.2. The molecule has 113 heavy (non-hydrogen) atoms. The molecule has 680 valence electrons. The van der Waals surface area contributed by atoms with Crippen LogP contribution in [-0.2, 0) is 0 Å².